The lowest BCUT2D eigenvalue weighted by atomic mass is 9.88. The van der Waals surface area contributed by atoms with E-state index in [0.717, 1.165) is 5.56 Å². The van der Waals surface area contributed by atoms with Crippen LogP contribution in [0, 0.1) is 6.92 Å². The molecule has 1 aliphatic rings. The van der Waals surface area contributed by atoms with Gasteiger partial charge in [0.25, 0.3) is 11.5 Å². The van der Waals surface area contributed by atoms with Crippen molar-refractivity contribution in [1.29, 1.82) is 0 Å². The standard InChI is InChI=1S/C19H17N3O3/c1-12-16(17(23)21-20-12)19(25)14-9-5-6-10-15(14)22(18(19)24)11-13-7-3-2-4-8-13/h2-10,25H,11H2,1H3,(H2,20,21,23). The number of rotatable bonds is 3. The zero-order valence-corrected chi connectivity index (χ0v) is 13.6. The van der Waals surface area contributed by atoms with Crippen molar-refractivity contribution in [3.63, 3.8) is 0 Å². The van der Waals surface area contributed by atoms with Crippen LogP contribution in [0.2, 0.25) is 0 Å². The van der Waals surface area contributed by atoms with Crippen molar-refractivity contribution < 1.29 is 9.90 Å². The lowest BCUT2D eigenvalue weighted by molar-refractivity contribution is -0.132. The number of anilines is 1. The van der Waals surface area contributed by atoms with Gasteiger partial charge in [0.05, 0.1) is 17.8 Å². The normalized spacial score (nSPS) is 19.3. The Hall–Kier alpha value is -3.12. The van der Waals surface area contributed by atoms with Crippen molar-refractivity contribution in [2.75, 3.05) is 4.90 Å². The van der Waals surface area contributed by atoms with E-state index in [1.54, 1.807) is 25.1 Å². The van der Waals surface area contributed by atoms with Crippen LogP contribution in [0.3, 0.4) is 0 Å². The third kappa shape index (κ3) is 2.15. The summed E-state index contributed by atoms with van der Waals surface area (Å²) in [7, 11) is 0. The number of aromatic nitrogens is 2. The summed E-state index contributed by atoms with van der Waals surface area (Å²) < 4.78 is 0. The Morgan fingerprint density at radius 1 is 1.00 bits per heavy atom. The Labute approximate surface area is 143 Å². The van der Waals surface area contributed by atoms with Gasteiger partial charge in [-0.15, -0.1) is 0 Å². The highest BCUT2D eigenvalue weighted by molar-refractivity contribution is 6.09. The molecule has 2 heterocycles. The molecule has 4 rings (SSSR count). The van der Waals surface area contributed by atoms with Crippen LogP contribution in [-0.2, 0) is 16.9 Å². The zero-order valence-electron chi connectivity index (χ0n) is 13.6. The number of nitrogens with zero attached hydrogens (tertiary/aromatic N) is 1. The Morgan fingerprint density at radius 2 is 1.68 bits per heavy atom. The fourth-order valence-corrected chi connectivity index (χ4v) is 3.48. The summed E-state index contributed by atoms with van der Waals surface area (Å²) in [5, 5.41) is 16.5. The highest BCUT2D eigenvalue weighted by Gasteiger charge is 2.53. The number of hydrogen-bond donors (Lipinski definition) is 3. The average molecular weight is 335 g/mol. The van der Waals surface area contributed by atoms with Crippen LogP contribution >= 0.6 is 0 Å². The van der Waals surface area contributed by atoms with Crippen molar-refractivity contribution in [2.24, 2.45) is 0 Å². The van der Waals surface area contributed by atoms with Gasteiger partial charge in [-0.25, -0.2) is 0 Å². The third-order valence-electron chi connectivity index (χ3n) is 4.65. The Balaban J connectivity index is 1.89. The predicted molar refractivity (Wildman–Crippen MR) is 93.2 cm³/mol. The van der Waals surface area contributed by atoms with Crippen molar-refractivity contribution in [1.82, 2.24) is 10.2 Å². The number of fused-ring (bicyclic) bond motifs is 1. The molecular weight excluding hydrogens is 318 g/mol. The van der Waals surface area contributed by atoms with Gasteiger partial charge in [-0.2, -0.15) is 0 Å². The van der Waals surface area contributed by atoms with E-state index in [0.29, 0.717) is 23.5 Å². The molecule has 3 N–H and O–H groups in total. The van der Waals surface area contributed by atoms with Gasteiger partial charge < -0.3 is 15.1 Å². The summed E-state index contributed by atoms with van der Waals surface area (Å²) >= 11 is 0. The molecule has 0 radical (unpaired) electrons. The monoisotopic (exact) mass is 335 g/mol. The maximum absolute atomic E-state index is 13.2. The topological polar surface area (TPSA) is 89.2 Å². The van der Waals surface area contributed by atoms with Crippen LogP contribution in [0.15, 0.2) is 59.4 Å². The highest BCUT2D eigenvalue weighted by Crippen LogP contribution is 2.44. The van der Waals surface area contributed by atoms with Gasteiger partial charge in [0, 0.05) is 11.3 Å². The van der Waals surface area contributed by atoms with E-state index >= 15 is 0 Å². The first-order valence-electron chi connectivity index (χ1n) is 7.99. The van der Waals surface area contributed by atoms with Crippen molar-refractivity contribution >= 4 is 11.6 Å². The fourth-order valence-electron chi connectivity index (χ4n) is 3.48. The molecule has 0 spiro atoms. The van der Waals surface area contributed by atoms with E-state index in [4.69, 9.17) is 0 Å². The van der Waals surface area contributed by atoms with Crippen molar-refractivity contribution in [2.45, 2.75) is 19.1 Å². The Kier molecular flexibility index (Phi) is 3.36. The molecule has 2 aromatic carbocycles. The van der Waals surface area contributed by atoms with Crippen LogP contribution in [0.4, 0.5) is 5.69 Å². The number of carbonyl (C=O) groups is 1. The minimum atomic E-state index is -2.00. The number of carbonyl (C=O) groups excluding carboxylic acids is 1. The van der Waals surface area contributed by atoms with Crippen LogP contribution in [0.25, 0.3) is 0 Å². The molecule has 1 atom stereocenters. The van der Waals surface area contributed by atoms with Crippen molar-refractivity contribution in [3.05, 3.63) is 87.3 Å². The van der Waals surface area contributed by atoms with E-state index in [-0.39, 0.29) is 5.56 Å². The number of benzene rings is 2. The van der Waals surface area contributed by atoms with E-state index in [9.17, 15) is 14.7 Å². The number of H-pyrrole nitrogens is 2. The summed E-state index contributed by atoms with van der Waals surface area (Å²) in [5.74, 6) is -0.522. The van der Waals surface area contributed by atoms with E-state index in [2.05, 4.69) is 10.2 Å². The quantitative estimate of drug-likeness (QED) is 0.682. The van der Waals surface area contributed by atoms with E-state index in [1.165, 1.54) is 4.90 Å². The van der Waals surface area contributed by atoms with Gasteiger partial charge in [-0.1, -0.05) is 48.5 Å². The van der Waals surface area contributed by atoms with Crippen molar-refractivity contribution in [3.8, 4) is 0 Å². The molecule has 1 unspecified atom stereocenters. The number of aryl methyl sites for hydroxylation is 1. The summed E-state index contributed by atoms with van der Waals surface area (Å²) in [5.41, 5.74) is -0.0386. The molecule has 0 saturated carbocycles. The first-order chi connectivity index (χ1) is 12.0. The summed E-state index contributed by atoms with van der Waals surface area (Å²) in [6.45, 7) is 1.97. The van der Waals surface area contributed by atoms with Gasteiger partial charge in [-0.05, 0) is 18.6 Å². The molecule has 0 fully saturated rings. The van der Waals surface area contributed by atoms with Crippen LogP contribution in [0.1, 0.15) is 22.4 Å². The van der Waals surface area contributed by atoms with E-state index < -0.39 is 17.1 Å². The summed E-state index contributed by atoms with van der Waals surface area (Å²) in [6, 6.07) is 16.6. The SMILES string of the molecule is Cc1[nH][nH]c(=O)c1C1(O)C(=O)N(Cc2ccccc2)c2ccccc21. The number of aliphatic hydroxyl groups is 1. The smallest absolute Gasteiger partial charge is 0.271 e. The zero-order chi connectivity index (χ0) is 17.6. The second kappa shape index (κ2) is 5.46. The van der Waals surface area contributed by atoms with Crippen LogP contribution in [-0.4, -0.2) is 21.2 Å². The van der Waals surface area contributed by atoms with Gasteiger partial charge >= 0.3 is 0 Å². The molecule has 3 aromatic rings. The lowest BCUT2D eigenvalue weighted by Crippen LogP contribution is -2.43. The highest BCUT2D eigenvalue weighted by atomic mass is 16.3. The number of amides is 1. The predicted octanol–water partition coefficient (Wildman–Crippen LogP) is 1.79. The third-order valence-corrected chi connectivity index (χ3v) is 4.65. The van der Waals surface area contributed by atoms with Gasteiger partial charge in [0.15, 0.2) is 0 Å². The first kappa shape index (κ1) is 15.4. The molecule has 1 amide bonds. The fraction of sp³-hybridized carbons (Fsp3) is 0.158. The number of aromatic amines is 2. The summed E-state index contributed by atoms with van der Waals surface area (Å²) in [4.78, 5) is 27.0. The second-order valence-corrected chi connectivity index (χ2v) is 6.18. The molecule has 0 saturated heterocycles. The molecule has 6 nitrogen and oxygen atoms in total. The largest absolute Gasteiger partial charge is 0.371 e. The average Bonchev–Trinajstić information content (AvgIpc) is 3.07. The minimum absolute atomic E-state index is 0.0421. The molecular formula is C19H17N3O3. The molecule has 25 heavy (non-hydrogen) atoms. The molecule has 6 heteroatoms. The maximum atomic E-state index is 13.2. The Bertz CT molecular complexity index is 1010. The molecule has 1 aliphatic heterocycles. The number of nitrogens with one attached hydrogen (secondary N) is 2. The minimum Gasteiger partial charge on any atom is -0.371 e. The van der Waals surface area contributed by atoms with Crippen LogP contribution in [0.5, 0.6) is 0 Å². The molecule has 0 aliphatic carbocycles. The summed E-state index contributed by atoms with van der Waals surface area (Å²) in [6.07, 6.45) is 0. The molecule has 1 aromatic heterocycles. The lowest BCUT2D eigenvalue weighted by Gasteiger charge is -2.22. The van der Waals surface area contributed by atoms with E-state index in [1.807, 2.05) is 36.4 Å². The number of hydrogen-bond acceptors (Lipinski definition) is 3. The maximum Gasteiger partial charge on any atom is 0.271 e. The Morgan fingerprint density at radius 3 is 2.36 bits per heavy atom. The van der Waals surface area contributed by atoms with Gasteiger partial charge in [0.1, 0.15) is 0 Å². The second-order valence-electron chi connectivity index (χ2n) is 6.18. The number of para-hydroxylation sites is 1. The van der Waals surface area contributed by atoms with Gasteiger partial charge in [0.2, 0.25) is 5.60 Å². The molecule has 0 bridgehead atoms. The first-order valence-corrected chi connectivity index (χ1v) is 7.99. The van der Waals surface area contributed by atoms with Gasteiger partial charge in [-0.3, -0.25) is 14.7 Å². The van der Waals surface area contributed by atoms with Crippen LogP contribution < -0.4 is 10.5 Å². The molecule has 126 valence electrons.